The zero-order valence-electron chi connectivity index (χ0n) is 10.7. The van der Waals surface area contributed by atoms with Crippen molar-refractivity contribution in [2.45, 2.75) is 30.7 Å². The zero-order chi connectivity index (χ0) is 12.6. The fourth-order valence-electron chi connectivity index (χ4n) is 3.55. The summed E-state index contributed by atoms with van der Waals surface area (Å²) in [4.78, 5) is 18.2. The van der Waals surface area contributed by atoms with E-state index in [2.05, 4.69) is 22.4 Å². The summed E-state index contributed by atoms with van der Waals surface area (Å²) in [5, 5.41) is 3.39. The number of nitrogens with one attached hydrogen (secondary N) is 1. The number of nitrogens with zero attached hydrogens (tertiary/aromatic N) is 2. The van der Waals surface area contributed by atoms with Crippen molar-refractivity contribution in [1.29, 1.82) is 0 Å². The van der Waals surface area contributed by atoms with Crippen LogP contribution in [-0.4, -0.2) is 41.5 Å². The Hall–Kier alpha value is -1.42. The minimum atomic E-state index is 0.0175. The molecule has 1 amide bonds. The van der Waals surface area contributed by atoms with Crippen LogP contribution in [0.3, 0.4) is 0 Å². The van der Waals surface area contributed by atoms with E-state index in [4.69, 9.17) is 0 Å². The summed E-state index contributed by atoms with van der Waals surface area (Å²) in [5.74, 6) is 0.596. The number of hydrogen-bond donors (Lipinski definition) is 1. The molecule has 1 spiro atoms. The van der Waals surface area contributed by atoms with Gasteiger partial charge in [0.1, 0.15) is 0 Å². The van der Waals surface area contributed by atoms with Crippen LogP contribution in [0.4, 0.5) is 0 Å². The Bertz CT molecular complexity index is 440. The Morgan fingerprint density at radius 3 is 2.67 bits per heavy atom. The van der Waals surface area contributed by atoms with E-state index in [0.29, 0.717) is 12.3 Å². The van der Waals surface area contributed by atoms with E-state index < -0.39 is 0 Å². The molecule has 0 aromatic carbocycles. The molecule has 1 aromatic heterocycles. The van der Waals surface area contributed by atoms with Crippen LogP contribution < -0.4 is 5.32 Å². The molecule has 2 aliphatic rings. The quantitative estimate of drug-likeness (QED) is 0.807. The Labute approximate surface area is 107 Å². The Morgan fingerprint density at radius 1 is 1.33 bits per heavy atom. The Kier molecular flexibility index (Phi) is 2.82. The molecule has 0 radical (unpaired) electrons. The van der Waals surface area contributed by atoms with Crippen LogP contribution in [0.15, 0.2) is 24.5 Å². The third-order valence-electron chi connectivity index (χ3n) is 4.65. The van der Waals surface area contributed by atoms with E-state index >= 15 is 0 Å². The fraction of sp³-hybridized carbons (Fsp3) is 0.571. The van der Waals surface area contributed by atoms with Crippen molar-refractivity contribution in [2.75, 3.05) is 20.1 Å². The second kappa shape index (κ2) is 4.35. The molecule has 0 aliphatic carbocycles. The molecule has 4 heteroatoms. The van der Waals surface area contributed by atoms with Gasteiger partial charge in [0, 0.05) is 31.8 Å². The first-order chi connectivity index (χ1) is 8.74. The smallest absolute Gasteiger partial charge is 0.223 e. The molecule has 0 unspecified atom stereocenters. The van der Waals surface area contributed by atoms with Crippen molar-refractivity contribution in [1.82, 2.24) is 15.2 Å². The number of piperidine rings is 1. The molecule has 1 atom stereocenters. The van der Waals surface area contributed by atoms with Gasteiger partial charge in [-0.3, -0.25) is 9.78 Å². The number of aromatic nitrogens is 1. The molecule has 1 N–H and O–H groups in total. The van der Waals surface area contributed by atoms with Crippen LogP contribution in [0.1, 0.15) is 30.7 Å². The van der Waals surface area contributed by atoms with Gasteiger partial charge in [-0.2, -0.15) is 0 Å². The van der Waals surface area contributed by atoms with E-state index in [9.17, 15) is 4.79 Å². The molecule has 18 heavy (non-hydrogen) atoms. The lowest BCUT2D eigenvalue weighted by Gasteiger charge is -2.44. The van der Waals surface area contributed by atoms with Gasteiger partial charge in [-0.25, -0.2) is 0 Å². The zero-order valence-corrected chi connectivity index (χ0v) is 10.7. The minimum Gasteiger partial charge on any atom is -0.339 e. The number of carbonyl (C=O) groups excluding carboxylic acids is 1. The van der Waals surface area contributed by atoms with Crippen LogP contribution in [-0.2, 0) is 4.79 Å². The van der Waals surface area contributed by atoms with Gasteiger partial charge >= 0.3 is 0 Å². The maximum atomic E-state index is 12.1. The van der Waals surface area contributed by atoms with Crippen molar-refractivity contribution in [3.8, 4) is 0 Å². The van der Waals surface area contributed by atoms with Crippen molar-refractivity contribution < 1.29 is 4.79 Å². The second-order valence-electron chi connectivity index (χ2n) is 5.34. The molecule has 2 fully saturated rings. The molecule has 0 saturated carbocycles. The highest BCUT2D eigenvalue weighted by molar-refractivity contribution is 5.81. The summed E-state index contributed by atoms with van der Waals surface area (Å²) >= 11 is 0. The number of rotatable bonds is 1. The number of likely N-dealkylation sites (N-methyl/N-ethyl adjacent to an activating group) is 1. The largest absolute Gasteiger partial charge is 0.339 e. The highest BCUT2D eigenvalue weighted by atomic mass is 16.2. The van der Waals surface area contributed by atoms with Gasteiger partial charge in [0.2, 0.25) is 5.91 Å². The van der Waals surface area contributed by atoms with Crippen LogP contribution in [0.5, 0.6) is 0 Å². The molecular weight excluding hydrogens is 226 g/mol. The lowest BCUT2D eigenvalue weighted by atomic mass is 9.74. The normalized spacial score (nSPS) is 26.8. The molecule has 4 nitrogen and oxygen atoms in total. The van der Waals surface area contributed by atoms with E-state index in [1.54, 1.807) is 0 Å². The summed E-state index contributed by atoms with van der Waals surface area (Å²) < 4.78 is 0. The topological polar surface area (TPSA) is 45.2 Å². The molecular formula is C14H19N3O. The first-order valence-electron chi connectivity index (χ1n) is 6.61. The van der Waals surface area contributed by atoms with Gasteiger partial charge in [0.15, 0.2) is 0 Å². The molecule has 3 heterocycles. The highest BCUT2D eigenvalue weighted by Crippen LogP contribution is 2.46. The lowest BCUT2D eigenvalue weighted by molar-refractivity contribution is -0.130. The van der Waals surface area contributed by atoms with Gasteiger partial charge in [-0.15, -0.1) is 0 Å². The van der Waals surface area contributed by atoms with Gasteiger partial charge in [-0.05, 0) is 43.6 Å². The molecule has 2 aliphatic heterocycles. The first kappa shape index (κ1) is 11.7. The minimum absolute atomic E-state index is 0.0175. The maximum absolute atomic E-state index is 12.1. The van der Waals surface area contributed by atoms with Crippen LogP contribution in [0, 0.1) is 0 Å². The van der Waals surface area contributed by atoms with Crippen molar-refractivity contribution in [2.24, 2.45) is 0 Å². The maximum Gasteiger partial charge on any atom is 0.223 e. The van der Waals surface area contributed by atoms with Gasteiger partial charge in [0.25, 0.3) is 0 Å². The van der Waals surface area contributed by atoms with Crippen molar-refractivity contribution >= 4 is 5.91 Å². The predicted octanol–water partition coefficient (Wildman–Crippen LogP) is 1.15. The van der Waals surface area contributed by atoms with Crippen molar-refractivity contribution in [3.63, 3.8) is 0 Å². The van der Waals surface area contributed by atoms with Gasteiger partial charge in [0.05, 0.1) is 5.54 Å². The Morgan fingerprint density at radius 2 is 2.00 bits per heavy atom. The van der Waals surface area contributed by atoms with Gasteiger partial charge in [-0.1, -0.05) is 0 Å². The molecule has 3 rings (SSSR count). The number of amides is 1. The number of carbonyl (C=O) groups is 1. The van der Waals surface area contributed by atoms with Crippen LogP contribution >= 0.6 is 0 Å². The molecule has 2 saturated heterocycles. The summed E-state index contributed by atoms with van der Waals surface area (Å²) in [7, 11) is 1.97. The van der Waals surface area contributed by atoms with Crippen molar-refractivity contribution in [3.05, 3.63) is 30.1 Å². The molecule has 96 valence electrons. The standard InChI is InChI=1S/C14H19N3O/c1-17-13(18)10-12(11-2-6-15-7-3-11)14(17)4-8-16-9-5-14/h2-3,6-7,12,16H,4-5,8-10H2,1H3/t12-/m1/s1. The second-order valence-corrected chi connectivity index (χ2v) is 5.34. The van der Waals surface area contributed by atoms with Gasteiger partial charge < -0.3 is 10.2 Å². The summed E-state index contributed by atoms with van der Waals surface area (Å²) in [6.45, 7) is 2.00. The molecule has 1 aromatic rings. The summed E-state index contributed by atoms with van der Waals surface area (Å²) in [6.07, 6.45) is 6.38. The third-order valence-corrected chi connectivity index (χ3v) is 4.65. The van der Waals surface area contributed by atoms with Crippen LogP contribution in [0.25, 0.3) is 0 Å². The lowest BCUT2D eigenvalue weighted by Crippen LogP contribution is -2.53. The van der Waals surface area contributed by atoms with E-state index in [1.165, 1.54) is 5.56 Å². The summed E-state index contributed by atoms with van der Waals surface area (Å²) in [5.41, 5.74) is 1.27. The number of pyridine rings is 1. The Balaban J connectivity index is 1.99. The first-order valence-corrected chi connectivity index (χ1v) is 6.61. The van der Waals surface area contributed by atoms with E-state index in [-0.39, 0.29) is 11.4 Å². The predicted molar refractivity (Wildman–Crippen MR) is 69.2 cm³/mol. The average Bonchev–Trinajstić information content (AvgIpc) is 2.66. The monoisotopic (exact) mass is 245 g/mol. The number of hydrogen-bond acceptors (Lipinski definition) is 3. The SMILES string of the molecule is CN1C(=O)C[C@H](c2ccncc2)C12CCNCC2. The van der Waals surface area contributed by atoms with Crippen LogP contribution in [0.2, 0.25) is 0 Å². The summed E-state index contributed by atoms with van der Waals surface area (Å²) in [6, 6.07) is 4.11. The van der Waals surface area contributed by atoms with E-state index in [1.807, 2.05) is 24.3 Å². The number of likely N-dealkylation sites (tertiary alicyclic amines) is 1. The highest BCUT2D eigenvalue weighted by Gasteiger charge is 2.51. The fourth-order valence-corrected chi connectivity index (χ4v) is 3.55. The third kappa shape index (κ3) is 1.63. The average molecular weight is 245 g/mol. The molecule has 0 bridgehead atoms. The van der Waals surface area contributed by atoms with E-state index in [0.717, 1.165) is 25.9 Å².